The first-order valence-corrected chi connectivity index (χ1v) is 6.79. The van der Waals surface area contributed by atoms with Crippen molar-refractivity contribution >= 4 is 23.3 Å². The number of hydrogen-bond donors (Lipinski definition) is 2. The molecule has 0 radical (unpaired) electrons. The predicted molar refractivity (Wildman–Crippen MR) is 83.2 cm³/mol. The van der Waals surface area contributed by atoms with E-state index in [0.29, 0.717) is 17.3 Å². The maximum Gasteiger partial charge on any atom is 0.319 e. The summed E-state index contributed by atoms with van der Waals surface area (Å²) in [6, 6.07) is 13.2. The second-order valence-electron chi connectivity index (χ2n) is 4.70. The molecule has 104 valence electrons. The van der Waals surface area contributed by atoms with E-state index < -0.39 is 0 Å². The standard InChI is InChI=1S/C16H17ClN2O/c1-11-5-3-4-6-13(11)10-18-16(20)19-14-8-7-12(2)15(17)9-14/h3-9H,10H2,1-2H3,(H2,18,19,20). The van der Waals surface area contributed by atoms with Gasteiger partial charge in [-0.1, -0.05) is 41.9 Å². The van der Waals surface area contributed by atoms with Crippen LogP contribution >= 0.6 is 11.6 Å². The molecule has 0 saturated carbocycles. The number of halogens is 1. The van der Waals surface area contributed by atoms with E-state index in [4.69, 9.17) is 11.6 Å². The lowest BCUT2D eigenvalue weighted by Crippen LogP contribution is -2.28. The molecule has 0 aliphatic carbocycles. The zero-order valence-electron chi connectivity index (χ0n) is 11.5. The molecule has 0 unspecified atom stereocenters. The molecule has 0 fully saturated rings. The van der Waals surface area contributed by atoms with Gasteiger partial charge in [0.15, 0.2) is 0 Å². The molecular weight excluding hydrogens is 272 g/mol. The Morgan fingerprint density at radius 1 is 1.10 bits per heavy atom. The van der Waals surface area contributed by atoms with Gasteiger partial charge in [-0.3, -0.25) is 0 Å². The summed E-state index contributed by atoms with van der Waals surface area (Å²) < 4.78 is 0. The molecule has 0 heterocycles. The third kappa shape index (κ3) is 3.75. The Labute approximate surface area is 124 Å². The summed E-state index contributed by atoms with van der Waals surface area (Å²) in [5, 5.41) is 6.23. The van der Waals surface area contributed by atoms with Crippen molar-refractivity contribution in [3.63, 3.8) is 0 Å². The number of carbonyl (C=O) groups is 1. The van der Waals surface area contributed by atoms with Gasteiger partial charge in [-0.05, 0) is 42.7 Å². The first-order chi connectivity index (χ1) is 9.56. The fourth-order valence-corrected chi connectivity index (χ4v) is 2.01. The van der Waals surface area contributed by atoms with Crippen LogP contribution in [0, 0.1) is 13.8 Å². The van der Waals surface area contributed by atoms with Gasteiger partial charge in [0.25, 0.3) is 0 Å². The Hall–Kier alpha value is -2.00. The Morgan fingerprint density at radius 3 is 2.55 bits per heavy atom. The smallest absolute Gasteiger partial charge is 0.319 e. The Bertz CT molecular complexity index is 626. The van der Waals surface area contributed by atoms with Gasteiger partial charge in [-0.15, -0.1) is 0 Å². The summed E-state index contributed by atoms with van der Waals surface area (Å²) >= 11 is 6.02. The molecule has 0 saturated heterocycles. The molecule has 2 rings (SSSR count). The SMILES string of the molecule is Cc1ccc(NC(=O)NCc2ccccc2C)cc1Cl. The molecule has 0 aromatic heterocycles. The minimum absolute atomic E-state index is 0.242. The number of amides is 2. The number of benzene rings is 2. The average Bonchev–Trinajstić information content (AvgIpc) is 2.42. The zero-order chi connectivity index (χ0) is 14.5. The monoisotopic (exact) mass is 288 g/mol. The van der Waals surface area contributed by atoms with E-state index in [9.17, 15) is 4.79 Å². The molecule has 3 nitrogen and oxygen atoms in total. The van der Waals surface area contributed by atoms with Crippen molar-refractivity contribution in [3.05, 3.63) is 64.2 Å². The summed E-state index contributed by atoms with van der Waals surface area (Å²) in [5.74, 6) is 0. The quantitative estimate of drug-likeness (QED) is 0.869. The fourth-order valence-electron chi connectivity index (χ4n) is 1.83. The van der Waals surface area contributed by atoms with E-state index in [2.05, 4.69) is 10.6 Å². The highest BCUT2D eigenvalue weighted by atomic mass is 35.5. The second kappa shape index (κ2) is 6.44. The van der Waals surface area contributed by atoms with Crippen LogP contribution in [0.2, 0.25) is 5.02 Å². The molecule has 0 spiro atoms. The third-order valence-corrected chi connectivity index (χ3v) is 3.54. The maximum absolute atomic E-state index is 11.8. The Balaban J connectivity index is 1.93. The van der Waals surface area contributed by atoms with Gasteiger partial charge >= 0.3 is 6.03 Å². The highest BCUT2D eigenvalue weighted by Gasteiger charge is 2.04. The minimum Gasteiger partial charge on any atom is -0.334 e. The summed E-state index contributed by atoms with van der Waals surface area (Å²) in [4.78, 5) is 11.8. The van der Waals surface area contributed by atoms with Crippen LogP contribution in [0.3, 0.4) is 0 Å². The molecule has 0 aliphatic rings. The molecule has 2 aromatic carbocycles. The predicted octanol–water partition coefficient (Wildman–Crippen LogP) is 4.28. The van der Waals surface area contributed by atoms with E-state index in [-0.39, 0.29) is 6.03 Å². The highest BCUT2D eigenvalue weighted by Crippen LogP contribution is 2.19. The van der Waals surface area contributed by atoms with Crippen LogP contribution in [0.25, 0.3) is 0 Å². The van der Waals surface area contributed by atoms with Gasteiger partial charge in [-0.2, -0.15) is 0 Å². The zero-order valence-corrected chi connectivity index (χ0v) is 12.3. The van der Waals surface area contributed by atoms with Crippen molar-refractivity contribution < 1.29 is 4.79 Å². The van der Waals surface area contributed by atoms with E-state index >= 15 is 0 Å². The summed E-state index contributed by atoms with van der Waals surface area (Å²) in [6.45, 7) is 4.44. The average molecular weight is 289 g/mol. The van der Waals surface area contributed by atoms with Gasteiger partial charge in [-0.25, -0.2) is 4.79 Å². The van der Waals surface area contributed by atoms with Crippen molar-refractivity contribution in [1.82, 2.24) is 5.32 Å². The molecule has 0 bridgehead atoms. The topological polar surface area (TPSA) is 41.1 Å². The molecule has 20 heavy (non-hydrogen) atoms. The normalized spacial score (nSPS) is 10.2. The lowest BCUT2D eigenvalue weighted by atomic mass is 10.1. The Morgan fingerprint density at radius 2 is 1.85 bits per heavy atom. The van der Waals surface area contributed by atoms with Gasteiger partial charge in [0.05, 0.1) is 0 Å². The van der Waals surface area contributed by atoms with Gasteiger partial charge in [0.1, 0.15) is 0 Å². The van der Waals surface area contributed by atoms with Crippen LogP contribution in [0.1, 0.15) is 16.7 Å². The third-order valence-electron chi connectivity index (χ3n) is 3.13. The second-order valence-corrected chi connectivity index (χ2v) is 5.11. The maximum atomic E-state index is 11.8. The number of urea groups is 1. The number of hydrogen-bond acceptors (Lipinski definition) is 1. The number of rotatable bonds is 3. The minimum atomic E-state index is -0.242. The number of carbonyl (C=O) groups excluding carboxylic acids is 1. The van der Waals surface area contributed by atoms with Crippen LogP contribution in [0.4, 0.5) is 10.5 Å². The summed E-state index contributed by atoms with van der Waals surface area (Å²) in [7, 11) is 0. The molecule has 2 amide bonds. The summed E-state index contributed by atoms with van der Waals surface area (Å²) in [5.41, 5.74) is 3.93. The van der Waals surface area contributed by atoms with Gasteiger partial charge in [0.2, 0.25) is 0 Å². The van der Waals surface area contributed by atoms with Crippen molar-refractivity contribution in [2.24, 2.45) is 0 Å². The van der Waals surface area contributed by atoms with Crippen molar-refractivity contribution in [2.45, 2.75) is 20.4 Å². The molecule has 4 heteroatoms. The number of anilines is 1. The van der Waals surface area contributed by atoms with Crippen LogP contribution in [0.5, 0.6) is 0 Å². The highest BCUT2D eigenvalue weighted by molar-refractivity contribution is 6.31. The van der Waals surface area contributed by atoms with Crippen molar-refractivity contribution in [2.75, 3.05) is 5.32 Å². The molecule has 2 aromatic rings. The lowest BCUT2D eigenvalue weighted by Gasteiger charge is -2.10. The van der Waals surface area contributed by atoms with Gasteiger partial charge < -0.3 is 10.6 Å². The van der Waals surface area contributed by atoms with E-state index in [0.717, 1.165) is 16.7 Å². The number of nitrogens with one attached hydrogen (secondary N) is 2. The Kier molecular flexibility index (Phi) is 4.64. The first kappa shape index (κ1) is 14.4. The largest absolute Gasteiger partial charge is 0.334 e. The summed E-state index contributed by atoms with van der Waals surface area (Å²) in [6.07, 6.45) is 0. The van der Waals surface area contributed by atoms with Crippen LogP contribution in [-0.4, -0.2) is 6.03 Å². The molecule has 0 aliphatic heterocycles. The van der Waals surface area contributed by atoms with E-state index in [1.165, 1.54) is 0 Å². The van der Waals surface area contributed by atoms with Crippen molar-refractivity contribution in [1.29, 1.82) is 0 Å². The fraction of sp³-hybridized carbons (Fsp3) is 0.188. The van der Waals surface area contributed by atoms with Crippen LogP contribution in [0.15, 0.2) is 42.5 Å². The van der Waals surface area contributed by atoms with E-state index in [1.807, 2.05) is 50.2 Å². The van der Waals surface area contributed by atoms with E-state index in [1.54, 1.807) is 6.07 Å². The van der Waals surface area contributed by atoms with Crippen molar-refractivity contribution in [3.8, 4) is 0 Å². The van der Waals surface area contributed by atoms with Gasteiger partial charge in [0, 0.05) is 17.3 Å². The lowest BCUT2D eigenvalue weighted by molar-refractivity contribution is 0.251. The molecular formula is C16H17ClN2O. The van der Waals surface area contributed by atoms with Crippen LogP contribution in [-0.2, 0) is 6.54 Å². The molecule has 0 atom stereocenters. The number of aryl methyl sites for hydroxylation is 2. The first-order valence-electron chi connectivity index (χ1n) is 6.42. The van der Waals surface area contributed by atoms with Crippen LogP contribution < -0.4 is 10.6 Å². The molecule has 2 N–H and O–H groups in total.